The number of nitrogens with zero attached hydrogens (tertiary/aromatic N) is 1. The number of hydrogen-bond acceptors (Lipinski definition) is 5. The summed E-state index contributed by atoms with van der Waals surface area (Å²) in [5.41, 5.74) is 1.91. The van der Waals surface area contributed by atoms with E-state index < -0.39 is 5.79 Å². The highest BCUT2D eigenvalue weighted by molar-refractivity contribution is 6.34. The van der Waals surface area contributed by atoms with Crippen molar-refractivity contribution in [1.29, 1.82) is 0 Å². The van der Waals surface area contributed by atoms with Crippen molar-refractivity contribution in [2.45, 2.75) is 19.0 Å². The number of hydrogen-bond donors (Lipinski definition) is 1. The molecule has 5 nitrogen and oxygen atoms in total. The van der Waals surface area contributed by atoms with Crippen LogP contribution in [0.15, 0.2) is 85.1 Å². The fourth-order valence-electron chi connectivity index (χ4n) is 3.40. The molecule has 0 aliphatic heterocycles. The summed E-state index contributed by atoms with van der Waals surface area (Å²) in [6.45, 7) is 0.124. The van der Waals surface area contributed by atoms with Crippen molar-refractivity contribution in [3.63, 3.8) is 0 Å². The van der Waals surface area contributed by atoms with Gasteiger partial charge in [-0.3, -0.25) is 4.98 Å². The molecule has 0 bridgehead atoms. The lowest BCUT2D eigenvalue weighted by atomic mass is 10.1. The van der Waals surface area contributed by atoms with Crippen LogP contribution in [0.5, 0.6) is 11.5 Å². The molecule has 0 spiro atoms. The van der Waals surface area contributed by atoms with E-state index in [-0.39, 0.29) is 36.3 Å². The van der Waals surface area contributed by atoms with Gasteiger partial charge in [-0.25, -0.2) is 0 Å². The number of aromatic hydroxyl groups is 1. The third-order valence-corrected chi connectivity index (χ3v) is 6.12. The molecule has 0 saturated heterocycles. The Kier molecular flexibility index (Phi) is 8.96. The van der Waals surface area contributed by atoms with Crippen molar-refractivity contribution < 1.29 is 19.3 Å². The molecule has 0 unspecified atom stereocenters. The summed E-state index contributed by atoms with van der Waals surface area (Å²) >= 11 is 25.1. The largest absolute Gasteiger partial charge is 0.508 e. The Morgan fingerprint density at radius 1 is 0.722 bits per heavy atom. The maximum Gasteiger partial charge on any atom is 0.249 e. The SMILES string of the molecule is Oc1ccc(OCC(OCc2cccc(Cl)c2)(OCc2cccc(Cl)c2)c2ncc(Cl)cc2Cl)cc1. The number of benzene rings is 3. The third-order valence-electron chi connectivity index (χ3n) is 5.16. The highest BCUT2D eigenvalue weighted by Gasteiger charge is 2.40. The lowest BCUT2D eigenvalue weighted by Crippen LogP contribution is -2.40. The van der Waals surface area contributed by atoms with Gasteiger partial charge in [-0.2, -0.15) is 0 Å². The molecule has 1 N–H and O–H groups in total. The molecule has 9 heteroatoms. The van der Waals surface area contributed by atoms with Gasteiger partial charge in [0.2, 0.25) is 5.79 Å². The fraction of sp³-hybridized carbons (Fsp3) is 0.148. The first-order valence-corrected chi connectivity index (χ1v) is 12.3. The van der Waals surface area contributed by atoms with Crippen LogP contribution in [0.25, 0.3) is 0 Å². The Balaban J connectivity index is 1.72. The molecule has 3 aromatic carbocycles. The lowest BCUT2D eigenvalue weighted by molar-refractivity contribution is -0.275. The lowest BCUT2D eigenvalue weighted by Gasteiger charge is -2.34. The van der Waals surface area contributed by atoms with Crippen LogP contribution in [-0.4, -0.2) is 16.7 Å². The standard InChI is InChI=1S/C27H21Cl4NO4/c28-20-5-1-3-18(11-20)15-35-27(26-25(31)13-22(30)14-32-26,17-34-24-9-7-23(33)8-10-24)36-16-19-4-2-6-21(29)12-19/h1-14,33H,15-17H2. The smallest absolute Gasteiger partial charge is 0.249 e. The molecular weight excluding hydrogens is 544 g/mol. The molecule has 1 heterocycles. The van der Waals surface area contributed by atoms with E-state index in [0.29, 0.717) is 20.8 Å². The van der Waals surface area contributed by atoms with Crippen molar-refractivity contribution in [2.24, 2.45) is 0 Å². The van der Waals surface area contributed by atoms with E-state index >= 15 is 0 Å². The molecule has 0 aliphatic carbocycles. The predicted octanol–water partition coefficient (Wildman–Crippen LogP) is 8.07. The Hall–Kier alpha value is -2.51. The Bertz CT molecular complexity index is 1270. The Morgan fingerprint density at radius 3 is 1.83 bits per heavy atom. The first-order valence-electron chi connectivity index (χ1n) is 10.8. The second-order valence-electron chi connectivity index (χ2n) is 7.86. The van der Waals surface area contributed by atoms with Crippen LogP contribution in [0, 0.1) is 0 Å². The monoisotopic (exact) mass is 563 g/mol. The third kappa shape index (κ3) is 7.04. The molecular formula is C27H21Cl4NO4. The number of aromatic nitrogens is 1. The number of rotatable bonds is 10. The van der Waals surface area contributed by atoms with Gasteiger partial charge < -0.3 is 19.3 Å². The van der Waals surface area contributed by atoms with Crippen molar-refractivity contribution in [1.82, 2.24) is 4.98 Å². The van der Waals surface area contributed by atoms with Crippen LogP contribution < -0.4 is 4.74 Å². The zero-order chi connectivity index (χ0) is 25.5. The number of pyridine rings is 1. The quantitative estimate of drug-likeness (QED) is 0.197. The van der Waals surface area contributed by atoms with Gasteiger partial charge in [0.15, 0.2) is 0 Å². The van der Waals surface area contributed by atoms with E-state index in [1.54, 1.807) is 42.5 Å². The minimum absolute atomic E-state index is 0.116. The van der Waals surface area contributed by atoms with Crippen molar-refractivity contribution in [3.8, 4) is 11.5 Å². The number of phenolic OH excluding ortho intramolecular Hbond substituents is 1. The van der Waals surface area contributed by atoms with Crippen LogP contribution in [0.3, 0.4) is 0 Å². The minimum atomic E-state index is -1.55. The normalized spacial score (nSPS) is 11.4. The van der Waals surface area contributed by atoms with Crippen LogP contribution in [-0.2, 0) is 28.5 Å². The van der Waals surface area contributed by atoms with Crippen LogP contribution in [0.2, 0.25) is 20.1 Å². The van der Waals surface area contributed by atoms with E-state index in [1.807, 2.05) is 24.3 Å². The second-order valence-corrected chi connectivity index (χ2v) is 9.57. The van der Waals surface area contributed by atoms with Gasteiger partial charge in [0.05, 0.1) is 23.3 Å². The van der Waals surface area contributed by atoms with Gasteiger partial charge in [0, 0.05) is 16.2 Å². The van der Waals surface area contributed by atoms with Gasteiger partial charge in [0.25, 0.3) is 0 Å². The molecule has 4 aromatic rings. The van der Waals surface area contributed by atoms with Crippen molar-refractivity contribution in [3.05, 3.63) is 122 Å². The van der Waals surface area contributed by atoms with Gasteiger partial charge in [-0.05, 0) is 65.7 Å². The zero-order valence-corrected chi connectivity index (χ0v) is 21.9. The van der Waals surface area contributed by atoms with Crippen LogP contribution >= 0.6 is 46.4 Å². The van der Waals surface area contributed by atoms with E-state index in [2.05, 4.69) is 4.98 Å². The zero-order valence-electron chi connectivity index (χ0n) is 18.8. The summed E-state index contributed by atoms with van der Waals surface area (Å²) in [5.74, 6) is -0.949. The summed E-state index contributed by atoms with van der Waals surface area (Å²) in [7, 11) is 0. The van der Waals surface area contributed by atoms with Gasteiger partial charge in [0.1, 0.15) is 23.8 Å². The Morgan fingerprint density at radius 2 is 1.31 bits per heavy atom. The summed E-state index contributed by atoms with van der Waals surface area (Å²) in [4.78, 5) is 4.45. The van der Waals surface area contributed by atoms with Crippen molar-refractivity contribution in [2.75, 3.05) is 6.61 Å². The predicted molar refractivity (Wildman–Crippen MR) is 142 cm³/mol. The molecule has 1 aromatic heterocycles. The van der Waals surface area contributed by atoms with Crippen LogP contribution in [0.4, 0.5) is 0 Å². The van der Waals surface area contributed by atoms with E-state index in [4.69, 9.17) is 60.6 Å². The topological polar surface area (TPSA) is 60.8 Å². The fourth-order valence-corrected chi connectivity index (χ4v) is 4.35. The molecule has 0 amide bonds. The minimum Gasteiger partial charge on any atom is -0.508 e. The molecule has 0 saturated carbocycles. The maximum atomic E-state index is 9.62. The average Bonchev–Trinajstić information content (AvgIpc) is 2.85. The summed E-state index contributed by atoms with van der Waals surface area (Å²) < 4.78 is 18.8. The van der Waals surface area contributed by atoms with Crippen molar-refractivity contribution >= 4 is 46.4 Å². The molecule has 0 aliphatic rings. The summed E-state index contributed by atoms with van der Waals surface area (Å²) in [6.07, 6.45) is 1.46. The average molecular weight is 565 g/mol. The Labute approximate surface area is 229 Å². The highest BCUT2D eigenvalue weighted by atomic mass is 35.5. The van der Waals surface area contributed by atoms with Gasteiger partial charge in [-0.1, -0.05) is 70.7 Å². The van der Waals surface area contributed by atoms with E-state index in [1.165, 1.54) is 18.3 Å². The molecule has 0 atom stereocenters. The van der Waals surface area contributed by atoms with Crippen LogP contribution in [0.1, 0.15) is 16.8 Å². The number of ether oxygens (including phenoxy) is 3. The van der Waals surface area contributed by atoms with Gasteiger partial charge in [-0.15, -0.1) is 0 Å². The molecule has 0 radical (unpaired) electrons. The summed E-state index contributed by atoms with van der Waals surface area (Å²) in [5, 5.41) is 11.4. The molecule has 36 heavy (non-hydrogen) atoms. The molecule has 0 fully saturated rings. The van der Waals surface area contributed by atoms with Gasteiger partial charge >= 0.3 is 0 Å². The number of phenols is 1. The second kappa shape index (κ2) is 12.2. The first-order chi connectivity index (χ1) is 17.3. The van der Waals surface area contributed by atoms with E-state index in [0.717, 1.165) is 11.1 Å². The van der Waals surface area contributed by atoms with E-state index in [9.17, 15) is 5.11 Å². The molecule has 4 rings (SSSR count). The first kappa shape index (κ1) is 26.6. The molecule has 186 valence electrons. The highest BCUT2D eigenvalue weighted by Crippen LogP contribution is 2.36. The number of halogens is 4. The summed E-state index contributed by atoms with van der Waals surface area (Å²) in [6, 6.07) is 22.4. The maximum absolute atomic E-state index is 9.62.